The van der Waals surface area contributed by atoms with Crippen molar-refractivity contribution in [2.45, 2.75) is 38.5 Å². The van der Waals surface area contributed by atoms with Crippen molar-refractivity contribution in [3.8, 4) is 0 Å². The molecule has 1 aromatic rings. The molecule has 2 rings (SSSR count). The van der Waals surface area contributed by atoms with E-state index in [1.54, 1.807) is 7.05 Å². The number of oxazole rings is 1. The molecule has 0 aliphatic heterocycles. The number of aromatic nitrogens is 1. The van der Waals surface area contributed by atoms with Crippen LogP contribution in [0.25, 0.3) is 0 Å². The third-order valence-electron chi connectivity index (χ3n) is 3.11. The number of nitrogens with one attached hydrogen (secondary N) is 1. The van der Waals surface area contributed by atoms with Gasteiger partial charge in [0.25, 0.3) is 0 Å². The number of carbonyl (C=O) groups excluding carboxylic acids is 1. The average Bonchev–Trinajstić information content (AvgIpc) is 2.86. The summed E-state index contributed by atoms with van der Waals surface area (Å²) >= 11 is 0. The smallest absolute Gasteiger partial charge is 0.213 e. The van der Waals surface area contributed by atoms with Gasteiger partial charge in [-0.05, 0) is 26.8 Å². The Morgan fingerprint density at radius 2 is 2.19 bits per heavy atom. The van der Waals surface area contributed by atoms with E-state index >= 15 is 0 Å². The first-order valence-electron chi connectivity index (χ1n) is 5.87. The molecule has 1 fully saturated rings. The number of aryl methyl sites for hydroxylation is 1. The molecule has 4 nitrogen and oxygen atoms in total. The van der Waals surface area contributed by atoms with E-state index < -0.39 is 0 Å². The zero-order valence-corrected chi connectivity index (χ0v) is 9.88. The molecule has 1 heterocycles. The predicted molar refractivity (Wildman–Crippen MR) is 60.7 cm³/mol. The Morgan fingerprint density at radius 3 is 2.81 bits per heavy atom. The van der Waals surface area contributed by atoms with E-state index in [-0.39, 0.29) is 5.78 Å². The number of rotatable bonds is 4. The summed E-state index contributed by atoms with van der Waals surface area (Å²) in [7, 11) is 1.75. The van der Waals surface area contributed by atoms with Crippen LogP contribution >= 0.6 is 0 Å². The van der Waals surface area contributed by atoms with Crippen molar-refractivity contribution in [3.05, 3.63) is 17.3 Å². The lowest BCUT2D eigenvalue weighted by Crippen LogP contribution is -2.18. The SMILES string of the molecule is CNCC(=O)c1oc(C2CCCC2)nc1C. The molecule has 4 heteroatoms. The first kappa shape index (κ1) is 11.3. The minimum atomic E-state index is -0.0169. The van der Waals surface area contributed by atoms with Gasteiger partial charge in [-0.1, -0.05) is 12.8 Å². The fourth-order valence-electron chi connectivity index (χ4n) is 2.26. The third-order valence-corrected chi connectivity index (χ3v) is 3.11. The Balaban J connectivity index is 2.17. The Labute approximate surface area is 95.4 Å². The summed E-state index contributed by atoms with van der Waals surface area (Å²) in [5.74, 6) is 1.59. The van der Waals surface area contributed by atoms with E-state index in [9.17, 15) is 4.79 Å². The van der Waals surface area contributed by atoms with E-state index in [2.05, 4.69) is 10.3 Å². The van der Waals surface area contributed by atoms with Gasteiger partial charge < -0.3 is 9.73 Å². The lowest BCUT2D eigenvalue weighted by atomic mass is 10.1. The van der Waals surface area contributed by atoms with E-state index in [1.807, 2.05) is 6.92 Å². The highest BCUT2D eigenvalue weighted by Gasteiger charge is 2.25. The molecule has 0 amide bonds. The maximum absolute atomic E-state index is 11.7. The largest absolute Gasteiger partial charge is 0.437 e. The molecule has 0 spiro atoms. The molecule has 0 atom stereocenters. The molecule has 1 N–H and O–H groups in total. The van der Waals surface area contributed by atoms with E-state index in [1.165, 1.54) is 12.8 Å². The number of Topliss-reactive ketones (excluding diaryl/α,β-unsaturated/α-hetero) is 1. The summed E-state index contributed by atoms with van der Waals surface area (Å²) in [6, 6.07) is 0. The van der Waals surface area contributed by atoms with Gasteiger partial charge in [-0.15, -0.1) is 0 Å². The van der Waals surface area contributed by atoms with Crippen LogP contribution in [0.3, 0.4) is 0 Å². The summed E-state index contributed by atoms with van der Waals surface area (Å²) in [6.07, 6.45) is 4.76. The number of nitrogens with zero attached hydrogens (tertiary/aromatic N) is 1. The molecule has 1 aliphatic rings. The van der Waals surface area contributed by atoms with Crippen molar-refractivity contribution in [3.63, 3.8) is 0 Å². The molecular formula is C12H18N2O2. The zero-order valence-electron chi connectivity index (χ0n) is 9.88. The Bertz CT molecular complexity index is 378. The van der Waals surface area contributed by atoms with Crippen molar-refractivity contribution < 1.29 is 9.21 Å². The monoisotopic (exact) mass is 222 g/mol. The molecule has 0 saturated heterocycles. The number of ketones is 1. The van der Waals surface area contributed by atoms with Gasteiger partial charge in [0, 0.05) is 5.92 Å². The second-order valence-electron chi connectivity index (χ2n) is 4.40. The van der Waals surface area contributed by atoms with Crippen LogP contribution in [0.15, 0.2) is 4.42 Å². The molecule has 0 radical (unpaired) electrons. The number of hydrogen-bond donors (Lipinski definition) is 1. The van der Waals surface area contributed by atoms with E-state index in [4.69, 9.17) is 4.42 Å². The molecule has 0 bridgehead atoms. The first-order valence-corrected chi connectivity index (χ1v) is 5.87. The van der Waals surface area contributed by atoms with E-state index in [0.717, 1.165) is 24.4 Å². The second kappa shape index (κ2) is 4.78. The minimum Gasteiger partial charge on any atom is -0.437 e. The van der Waals surface area contributed by atoms with Gasteiger partial charge in [-0.3, -0.25) is 4.79 Å². The van der Waals surface area contributed by atoms with Crippen LogP contribution in [0.1, 0.15) is 53.7 Å². The van der Waals surface area contributed by atoms with Crippen molar-refractivity contribution in [2.75, 3.05) is 13.6 Å². The van der Waals surface area contributed by atoms with Crippen LogP contribution in [0.2, 0.25) is 0 Å². The predicted octanol–water partition coefficient (Wildman–Crippen LogP) is 2.04. The lowest BCUT2D eigenvalue weighted by Gasteiger charge is -2.01. The summed E-state index contributed by atoms with van der Waals surface area (Å²) in [4.78, 5) is 16.1. The van der Waals surface area contributed by atoms with Crippen molar-refractivity contribution in [2.24, 2.45) is 0 Å². The van der Waals surface area contributed by atoms with Gasteiger partial charge >= 0.3 is 0 Å². The average molecular weight is 222 g/mol. The molecule has 1 aliphatic carbocycles. The zero-order chi connectivity index (χ0) is 11.5. The fraction of sp³-hybridized carbons (Fsp3) is 0.667. The number of hydrogen-bond acceptors (Lipinski definition) is 4. The standard InChI is InChI=1S/C12H18N2O2/c1-8-11(10(15)7-13-2)16-12(14-8)9-5-3-4-6-9/h9,13H,3-7H2,1-2H3. The van der Waals surface area contributed by atoms with Crippen LogP contribution in [-0.2, 0) is 0 Å². The molecule has 0 unspecified atom stereocenters. The molecule has 88 valence electrons. The summed E-state index contributed by atoms with van der Waals surface area (Å²) in [6.45, 7) is 2.14. The Kier molecular flexibility index (Phi) is 3.39. The first-order chi connectivity index (χ1) is 7.72. The van der Waals surface area contributed by atoms with Gasteiger partial charge in [0.1, 0.15) is 0 Å². The highest BCUT2D eigenvalue weighted by molar-refractivity contribution is 5.95. The van der Waals surface area contributed by atoms with E-state index in [0.29, 0.717) is 18.2 Å². The highest BCUT2D eigenvalue weighted by atomic mass is 16.4. The van der Waals surface area contributed by atoms with Crippen LogP contribution in [0.4, 0.5) is 0 Å². The van der Waals surface area contributed by atoms with Gasteiger partial charge in [-0.2, -0.15) is 0 Å². The normalized spacial score (nSPS) is 16.9. The molecule has 16 heavy (non-hydrogen) atoms. The fourth-order valence-corrected chi connectivity index (χ4v) is 2.26. The molecular weight excluding hydrogens is 204 g/mol. The summed E-state index contributed by atoms with van der Waals surface area (Å²) < 4.78 is 5.61. The lowest BCUT2D eigenvalue weighted by molar-refractivity contribution is 0.0964. The summed E-state index contributed by atoms with van der Waals surface area (Å²) in [5, 5.41) is 2.83. The van der Waals surface area contributed by atoms with Crippen LogP contribution in [0, 0.1) is 6.92 Å². The van der Waals surface area contributed by atoms with Crippen LogP contribution < -0.4 is 5.32 Å². The topological polar surface area (TPSA) is 55.1 Å². The van der Waals surface area contributed by atoms with Crippen LogP contribution in [-0.4, -0.2) is 24.4 Å². The minimum absolute atomic E-state index is 0.0169. The van der Waals surface area contributed by atoms with Crippen molar-refractivity contribution in [1.29, 1.82) is 0 Å². The van der Waals surface area contributed by atoms with Crippen molar-refractivity contribution in [1.82, 2.24) is 10.3 Å². The molecule has 0 aromatic carbocycles. The van der Waals surface area contributed by atoms with Gasteiger partial charge in [-0.25, -0.2) is 4.98 Å². The number of carbonyl (C=O) groups is 1. The molecule has 1 saturated carbocycles. The third kappa shape index (κ3) is 2.16. The van der Waals surface area contributed by atoms with Crippen LogP contribution in [0.5, 0.6) is 0 Å². The Morgan fingerprint density at radius 1 is 1.50 bits per heavy atom. The van der Waals surface area contributed by atoms with Gasteiger partial charge in [0.05, 0.1) is 12.2 Å². The quantitative estimate of drug-likeness (QED) is 0.792. The maximum Gasteiger partial charge on any atom is 0.213 e. The van der Waals surface area contributed by atoms with Gasteiger partial charge in [0.2, 0.25) is 5.78 Å². The Hall–Kier alpha value is -1.16. The maximum atomic E-state index is 11.7. The highest BCUT2D eigenvalue weighted by Crippen LogP contribution is 2.34. The number of likely N-dealkylation sites (N-methyl/N-ethyl adjacent to an activating group) is 1. The van der Waals surface area contributed by atoms with Gasteiger partial charge in [0.15, 0.2) is 11.7 Å². The second-order valence-corrected chi connectivity index (χ2v) is 4.40. The van der Waals surface area contributed by atoms with Crippen molar-refractivity contribution >= 4 is 5.78 Å². The summed E-state index contributed by atoms with van der Waals surface area (Å²) in [5.41, 5.74) is 0.724. The molecule has 1 aromatic heterocycles.